The summed E-state index contributed by atoms with van der Waals surface area (Å²) >= 11 is 0. The third-order valence-electron chi connectivity index (χ3n) is 5.79. The van der Waals surface area contributed by atoms with E-state index in [2.05, 4.69) is 5.32 Å². The van der Waals surface area contributed by atoms with Crippen LogP contribution in [-0.4, -0.2) is 30.7 Å². The molecule has 6 nitrogen and oxygen atoms in total. The van der Waals surface area contributed by atoms with E-state index in [0.29, 0.717) is 18.0 Å². The molecule has 0 unspecified atom stereocenters. The van der Waals surface area contributed by atoms with Crippen molar-refractivity contribution in [3.8, 4) is 5.75 Å². The molecule has 2 aliphatic rings. The molecule has 0 aromatic heterocycles. The Kier molecular flexibility index (Phi) is 5.57. The molecule has 1 N–H and O–H groups in total. The van der Waals surface area contributed by atoms with Gasteiger partial charge in [-0.25, -0.2) is 0 Å². The van der Waals surface area contributed by atoms with Crippen LogP contribution in [0, 0.1) is 19.8 Å². The zero-order valence-electron chi connectivity index (χ0n) is 17.7. The van der Waals surface area contributed by atoms with E-state index >= 15 is 0 Å². The lowest BCUT2D eigenvalue weighted by atomic mass is 10.0. The van der Waals surface area contributed by atoms with Gasteiger partial charge < -0.3 is 15.0 Å². The summed E-state index contributed by atoms with van der Waals surface area (Å²) in [6, 6.07) is 11.2. The minimum Gasteiger partial charge on any atom is -0.494 e. The quantitative estimate of drug-likeness (QED) is 0.793. The van der Waals surface area contributed by atoms with Gasteiger partial charge in [-0.2, -0.15) is 0 Å². The SMILES string of the molecule is CCOc1ccc(NC(=O)CN2C(=O)[C@@H]3CCCC3=Nc3cc(C)c(C)cc32)cc1. The van der Waals surface area contributed by atoms with E-state index in [0.717, 1.165) is 47.5 Å². The third-order valence-corrected chi connectivity index (χ3v) is 5.79. The van der Waals surface area contributed by atoms with Gasteiger partial charge in [-0.15, -0.1) is 0 Å². The van der Waals surface area contributed by atoms with Gasteiger partial charge in [0.2, 0.25) is 11.8 Å². The van der Waals surface area contributed by atoms with Crippen LogP contribution in [0.15, 0.2) is 41.4 Å². The smallest absolute Gasteiger partial charge is 0.244 e. The zero-order chi connectivity index (χ0) is 21.3. The predicted molar refractivity (Wildman–Crippen MR) is 119 cm³/mol. The molecular weight excluding hydrogens is 378 g/mol. The van der Waals surface area contributed by atoms with Gasteiger partial charge in [0.15, 0.2) is 0 Å². The maximum atomic E-state index is 13.3. The van der Waals surface area contributed by atoms with Crippen LogP contribution in [0.3, 0.4) is 0 Å². The van der Waals surface area contributed by atoms with E-state index in [1.54, 1.807) is 17.0 Å². The number of fused-ring (bicyclic) bond motifs is 2. The van der Waals surface area contributed by atoms with E-state index in [1.807, 2.05) is 45.0 Å². The molecule has 0 saturated heterocycles. The molecule has 1 fully saturated rings. The van der Waals surface area contributed by atoms with E-state index in [1.165, 1.54) is 0 Å². The lowest BCUT2D eigenvalue weighted by Crippen LogP contribution is -2.41. The van der Waals surface area contributed by atoms with Gasteiger partial charge in [0.25, 0.3) is 0 Å². The maximum Gasteiger partial charge on any atom is 0.244 e. The molecule has 30 heavy (non-hydrogen) atoms. The lowest BCUT2D eigenvalue weighted by molar-refractivity contribution is -0.122. The molecular formula is C24H27N3O3. The number of rotatable bonds is 5. The van der Waals surface area contributed by atoms with E-state index in [-0.39, 0.29) is 24.3 Å². The zero-order valence-corrected chi connectivity index (χ0v) is 17.7. The first kappa shape index (κ1) is 20.1. The second-order valence-electron chi connectivity index (χ2n) is 7.90. The van der Waals surface area contributed by atoms with Crippen molar-refractivity contribution in [3.05, 3.63) is 47.5 Å². The molecule has 2 aromatic carbocycles. The summed E-state index contributed by atoms with van der Waals surface area (Å²) in [5.41, 5.74) is 5.31. The Balaban J connectivity index is 1.59. The van der Waals surface area contributed by atoms with E-state index in [9.17, 15) is 9.59 Å². The van der Waals surface area contributed by atoms with Gasteiger partial charge >= 0.3 is 0 Å². The summed E-state index contributed by atoms with van der Waals surface area (Å²) in [7, 11) is 0. The number of benzene rings is 2. The molecule has 1 heterocycles. The fraction of sp³-hybridized carbons (Fsp3) is 0.375. The Labute approximate surface area is 176 Å². The van der Waals surface area contributed by atoms with Gasteiger partial charge in [-0.1, -0.05) is 0 Å². The van der Waals surface area contributed by atoms with Crippen LogP contribution in [0.1, 0.15) is 37.3 Å². The number of carbonyl (C=O) groups excluding carboxylic acids is 2. The normalized spacial score (nSPS) is 17.7. The Morgan fingerprint density at radius 3 is 2.67 bits per heavy atom. The van der Waals surface area contributed by atoms with Gasteiger partial charge in [-0.05, 0) is 87.6 Å². The highest BCUT2D eigenvalue weighted by Gasteiger charge is 2.37. The number of amides is 2. The summed E-state index contributed by atoms with van der Waals surface area (Å²) in [6.45, 7) is 6.52. The molecule has 0 bridgehead atoms. The summed E-state index contributed by atoms with van der Waals surface area (Å²) in [5.74, 6) is 0.258. The number of anilines is 2. The minimum atomic E-state index is -0.238. The van der Waals surface area contributed by atoms with Crippen LogP contribution >= 0.6 is 0 Å². The molecule has 1 atom stereocenters. The summed E-state index contributed by atoms with van der Waals surface area (Å²) in [5, 5.41) is 2.89. The van der Waals surface area contributed by atoms with Crippen LogP contribution in [0.25, 0.3) is 0 Å². The number of hydrogen-bond acceptors (Lipinski definition) is 4. The molecule has 1 saturated carbocycles. The molecule has 1 aliphatic carbocycles. The topological polar surface area (TPSA) is 71.0 Å². The maximum absolute atomic E-state index is 13.3. The molecule has 2 amide bonds. The summed E-state index contributed by atoms with van der Waals surface area (Å²) in [4.78, 5) is 32.6. The van der Waals surface area contributed by atoms with Crippen molar-refractivity contribution in [2.24, 2.45) is 10.9 Å². The number of nitrogens with one attached hydrogen (secondary N) is 1. The number of aryl methyl sites for hydroxylation is 2. The van der Waals surface area contributed by atoms with E-state index in [4.69, 9.17) is 9.73 Å². The number of hydrogen-bond donors (Lipinski definition) is 1. The molecule has 6 heteroatoms. The van der Waals surface area contributed by atoms with Crippen LogP contribution in [0.4, 0.5) is 17.1 Å². The molecule has 156 valence electrons. The standard InChI is InChI=1S/C24H27N3O3/c1-4-30-18-10-8-17(9-11-18)25-23(28)14-27-22-13-16(3)15(2)12-21(22)26-20-7-5-6-19(20)24(27)29/h8-13,19H,4-7,14H2,1-3H3,(H,25,28)/t19-/m1/s1. The highest BCUT2D eigenvalue weighted by molar-refractivity contribution is 6.16. The number of ether oxygens (including phenoxy) is 1. The average Bonchev–Trinajstić information content (AvgIpc) is 3.15. The van der Waals surface area contributed by atoms with Crippen molar-refractivity contribution >= 4 is 34.6 Å². The van der Waals surface area contributed by atoms with Crippen molar-refractivity contribution in [1.82, 2.24) is 0 Å². The number of aliphatic imine (C=N–C) groups is 1. The van der Waals surface area contributed by atoms with Crippen LogP contribution in [0.5, 0.6) is 5.75 Å². The highest BCUT2D eigenvalue weighted by atomic mass is 16.5. The Morgan fingerprint density at radius 1 is 1.20 bits per heavy atom. The second kappa shape index (κ2) is 8.30. The largest absolute Gasteiger partial charge is 0.494 e. The van der Waals surface area contributed by atoms with Gasteiger partial charge in [0.05, 0.1) is 23.9 Å². The Bertz CT molecular complexity index is 1010. The van der Waals surface area contributed by atoms with Crippen LogP contribution in [-0.2, 0) is 9.59 Å². The van der Waals surface area contributed by atoms with Crippen LogP contribution < -0.4 is 15.0 Å². The van der Waals surface area contributed by atoms with Crippen LogP contribution in [0.2, 0.25) is 0 Å². The number of carbonyl (C=O) groups is 2. The van der Waals surface area contributed by atoms with Crippen molar-refractivity contribution in [2.75, 3.05) is 23.4 Å². The van der Waals surface area contributed by atoms with Gasteiger partial charge in [-0.3, -0.25) is 14.6 Å². The highest BCUT2D eigenvalue weighted by Crippen LogP contribution is 2.39. The fourth-order valence-electron chi connectivity index (χ4n) is 4.09. The van der Waals surface area contributed by atoms with Gasteiger partial charge in [0.1, 0.15) is 12.3 Å². The first-order valence-electron chi connectivity index (χ1n) is 10.5. The fourth-order valence-corrected chi connectivity index (χ4v) is 4.09. The van der Waals surface area contributed by atoms with Gasteiger partial charge in [0, 0.05) is 11.4 Å². The van der Waals surface area contributed by atoms with Crippen molar-refractivity contribution in [3.63, 3.8) is 0 Å². The molecule has 0 radical (unpaired) electrons. The lowest BCUT2D eigenvalue weighted by Gasteiger charge is -2.25. The number of nitrogens with zero attached hydrogens (tertiary/aromatic N) is 2. The van der Waals surface area contributed by atoms with Crippen molar-refractivity contribution < 1.29 is 14.3 Å². The average molecular weight is 405 g/mol. The first-order valence-corrected chi connectivity index (χ1v) is 10.5. The predicted octanol–water partition coefficient (Wildman–Crippen LogP) is 4.56. The summed E-state index contributed by atoms with van der Waals surface area (Å²) in [6.07, 6.45) is 2.59. The third kappa shape index (κ3) is 3.95. The Morgan fingerprint density at radius 2 is 1.93 bits per heavy atom. The molecule has 2 aromatic rings. The molecule has 4 rings (SSSR count). The Hall–Kier alpha value is -3.15. The van der Waals surface area contributed by atoms with Crippen molar-refractivity contribution in [2.45, 2.75) is 40.0 Å². The second-order valence-corrected chi connectivity index (χ2v) is 7.90. The molecule has 0 spiro atoms. The monoisotopic (exact) mass is 405 g/mol. The van der Waals surface area contributed by atoms with Crippen molar-refractivity contribution in [1.29, 1.82) is 0 Å². The molecule has 1 aliphatic heterocycles. The van der Waals surface area contributed by atoms with E-state index < -0.39 is 0 Å². The minimum absolute atomic E-state index is 0.0323. The summed E-state index contributed by atoms with van der Waals surface area (Å²) < 4.78 is 5.44. The first-order chi connectivity index (χ1) is 14.5.